The van der Waals surface area contributed by atoms with Gasteiger partial charge in [0.25, 0.3) is 0 Å². The van der Waals surface area contributed by atoms with Gasteiger partial charge < -0.3 is 10.7 Å². The first-order valence-electron chi connectivity index (χ1n) is 10.1. The first-order chi connectivity index (χ1) is 13.2. The summed E-state index contributed by atoms with van der Waals surface area (Å²) in [6.45, 7) is 4.67. The number of aryl methyl sites for hydroxylation is 2. The van der Waals surface area contributed by atoms with Gasteiger partial charge >= 0.3 is 0 Å². The molecule has 1 atom stereocenters. The third kappa shape index (κ3) is 5.22. The van der Waals surface area contributed by atoms with Crippen molar-refractivity contribution >= 4 is 11.0 Å². The third-order valence-corrected chi connectivity index (χ3v) is 5.52. The van der Waals surface area contributed by atoms with Crippen LogP contribution < -0.4 is 5.73 Å². The number of para-hydroxylation sites is 2. The van der Waals surface area contributed by atoms with Gasteiger partial charge in [0.2, 0.25) is 0 Å². The Hall–Kier alpha value is -2.24. The second-order valence-corrected chi connectivity index (χ2v) is 7.57. The van der Waals surface area contributed by atoms with Crippen molar-refractivity contribution in [2.45, 2.75) is 66.5 Å². The molecule has 0 spiro atoms. The van der Waals surface area contributed by atoms with E-state index in [1.807, 2.05) is 12.1 Å². The number of nitrogens with two attached hydrogens (primary N) is 1. The molecule has 0 saturated heterocycles. The van der Waals surface area contributed by atoms with Crippen LogP contribution in [0.1, 0.15) is 69.4 Å². The summed E-state index contributed by atoms with van der Waals surface area (Å²) in [5.74, 6) is 1.03. The monoisotopic (exact) mass is 395 g/mol. The van der Waals surface area contributed by atoms with E-state index >= 15 is 0 Å². The maximum atomic E-state index is 5.74. The smallest absolute Gasteiger partial charge is 0.121 e. The maximum absolute atomic E-state index is 5.74. The fourth-order valence-corrected chi connectivity index (χ4v) is 4.16. The number of nitrogens with zero attached hydrogens (tertiary/aromatic N) is 3. The first-order valence-corrected chi connectivity index (χ1v) is 10.1. The fourth-order valence-electron chi connectivity index (χ4n) is 4.16. The molecule has 1 unspecified atom stereocenters. The Balaban J connectivity index is 0.00000150. The van der Waals surface area contributed by atoms with E-state index in [1.165, 1.54) is 17.7 Å². The number of aromatic amines is 1. The van der Waals surface area contributed by atoms with Crippen LogP contribution in [0.25, 0.3) is 11.0 Å². The van der Waals surface area contributed by atoms with E-state index in [-0.39, 0.29) is 14.9 Å². The van der Waals surface area contributed by atoms with E-state index in [1.54, 1.807) is 0 Å². The highest BCUT2D eigenvalue weighted by Crippen LogP contribution is 2.34. The summed E-state index contributed by atoms with van der Waals surface area (Å²) in [4.78, 5) is 15.8. The number of aromatic nitrogens is 3. The van der Waals surface area contributed by atoms with Gasteiger partial charge in [-0.2, -0.15) is 0 Å². The van der Waals surface area contributed by atoms with Crippen LogP contribution in [-0.2, 0) is 13.0 Å². The number of fused-ring (bicyclic) bond motifs is 2. The Morgan fingerprint density at radius 2 is 1.93 bits per heavy atom. The molecule has 0 bridgehead atoms. The fraction of sp³-hybridized carbons (Fsp3) is 0.500. The molecule has 5 heteroatoms. The Morgan fingerprint density at radius 1 is 1.10 bits per heavy atom. The zero-order valence-electron chi connectivity index (χ0n) is 16.1. The number of hydrogen-bond donors (Lipinski definition) is 2. The number of hydrogen-bond acceptors (Lipinski definition) is 4. The van der Waals surface area contributed by atoms with Crippen LogP contribution in [0.4, 0.5) is 0 Å². The van der Waals surface area contributed by atoms with Gasteiger partial charge in [-0.15, -0.1) is 0 Å². The average molecular weight is 396 g/mol. The molecule has 158 valence electrons. The molecule has 0 amide bonds. The summed E-state index contributed by atoms with van der Waals surface area (Å²) in [5, 5.41) is 0. The van der Waals surface area contributed by atoms with Crippen molar-refractivity contribution in [1.82, 2.24) is 19.9 Å². The summed E-state index contributed by atoms with van der Waals surface area (Å²) in [7, 11) is 0. The summed E-state index contributed by atoms with van der Waals surface area (Å²) in [6, 6.07) is 13.0. The van der Waals surface area contributed by atoms with Gasteiger partial charge in [0.15, 0.2) is 0 Å². The second kappa shape index (κ2) is 10.5. The molecule has 1 aromatic carbocycles. The third-order valence-electron chi connectivity index (χ3n) is 5.52. The Kier molecular flexibility index (Phi) is 8.35. The van der Waals surface area contributed by atoms with Crippen molar-refractivity contribution in [1.29, 1.82) is 0 Å². The van der Waals surface area contributed by atoms with Crippen LogP contribution in [0.2, 0.25) is 0 Å². The van der Waals surface area contributed by atoms with Gasteiger partial charge in [0, 0.05) is 5.69 Å². The zero-order chi connectivity index (χ0) is 18.6. The van der Waals surface area contributed by atoms with Gasteiger partial charge in [-0.25, -0.2) is 4.98 Å². The van der Waals surface area contributed by atoms with Crippen molar-refractivity contribution < 1.29 is 0 Å². The topological polar surface area (TPSA) is 70.8 Å². The number of benzene rings is 1. The quantitative estimate of drug-likeness (QED) is 0.542. The van der Waals surface area contributed by atoms with Crippen molar-refractivity contribution in [2.24, 2.45) is 5.73 Å². The van der Waals surface area contributed by atoms with Gasteiger partial charge in [0.05, 0.1) is 29.3 Å². The lowest BCUT2D eigenvalue weighted by atomic mass is 9.90. The van der Waals surface area contributed by atoms with Gasteiger partial charge in [0.1, 0.15) is 5.82 Å². The molecule has 4 rings (SSSR count). The van der Waals surface area contributed by atoms with Crippen LogP contribution in [0.15, 0.2) is 36.4 Å². The summed E-state index contributed by atoms with van der Waals surface area (Å²) in [5.41, 5.74) is 11.7. The standard InChI is InChI=1S/C22H29N5.2CH4/c1-16-11-12-17-7-6-10-20(22(17)24-16)27(14-5-4-13-23)15-21-25-18-8-2-3-9-19(18)26-21;;/h2-3,8-9,11-12,20H,4-7,10,13-15,23H2,1H3,(H,25,26);2*1H4. The molecule has 0 aliphatic heterocycles. The molecule has 3 N–H and O–H groups in total. The van der Waals surface area contributed by atoms with E-state index in [2.05, 4.69) is 41.1 Å². The van der Waals surface area contributed by atoms with Crippen molar-refractivity contribution in [2.75, 3.05) is 13.1 Å². The van der Waals surface area contributed by atoms with E-state index < -0.39 is 0 Å². The molecule has 1 aliphatic rings. The molecular weight excluding hydrogens is 358 g/mol. The van der Waals surface area contributed by atoms with E-state index in [0.717, 1.165) is 67.9 Å². The molecule has 1 aliphatic carbocycles. The Bertz CT molecular complexity index is 868. The van der Waals surface area contributed by atoms with E-state index in [0.29, 0.717) is 6.04 Å². The summed E-state index contributed by atoms with van der Waals surface area (Å²) >= 11 is 0. The van der Waals surface area contributed by atoms with Crippen molar-refractivity contribution in [3.8, 4) is 0 Å². The van der Waals surface area contributed by atoms with Crippen LogP contribution >= 0.6 is 0 Å². The van der Waals surface area contributed by atoms with Gasteiger partial charge in [-0.1, -0.05) is 33.1 Å². The molecule has 0 fully saturated rings. The summed E-state index contributed by atoms with van der Waals surface area (Å²) < 4.78 is 0. The molecule has 2 aromatic heterocycles. The highest BCUT2D eigenvalue weighted by atomic mass is 15.2. The number of pyridine rings is 1. The zero-order valence-corrected chi connectivity index (χ0v) is 16.1. The molecular formula is C24H37N5. The lowest BCUT2D eigenvalue weighted by molar-refractivity contribution is 0.159. The van der Waals surface area contributed by atoms with Gasteiger partial charge in [-0.05, 0) is 75.9 Å². The van der Waals surface area contributed by atoms with Crippen LogP contribution in [0.5, 0.6) is 0 Å². The van der Waals surface area contributed by atoms with Crippen LogP contribution in [-0.4, -0.2) is 32.9 Å². The maximum Gasteiger partial charge on any atom is 0.121 e. The van der Waals surface area contributed by atoms with Crippen LogP contribution in [0, 0.1) is 6.92 Å². The lowest BCUT2D eigenvalue weighted by Crippen LogP contribution is -2.33. The number of unbranched alkanes of at least 4 members (excludes halogenated alkanes) is 1. The number of rotatable bonds is 7. The molecule has 0 radical (unpaired) electrons. The number of H-pyrrole nitrogens is 1. The largest absolute Gasteiger partial charge is 0.341 e. The minimum absolute atomic E-state index is 0. The SMILES string of the molecule is C.C.Cc1ccc2c(n1)C(N(CCCCN)Cc1nc3ccccc3[nH]1)CCC2. The second-order valence-electron chi connectivity index (χ2n) is 7.57. The molecule has 2 heterocycles. The van der Waals surface area contributed by atoms with Crippen molar-refractivity contribution in [3.05, 3.63) is 59.2 Å². The molecule has 5 nitrogen and oxygen atoms in total. The Morgan fingerprint density at radius 3 is 2.72 bits per heavy atom. The highest BCUT2D eigenvalue weighted by molar-refractivity contribution is 5.74. The molecule has 29 heavy (non-hydrogen) atoms. The molecule has 0 saturated carbocycles. The normalized spacial score (nSPS) is 15.6. The van der Waals surface area contributed by atoms with Crippen molar-refractivity contribution in [3.63, 3.8) is 0 Å². The minimum atomic E-state index is 0. The predicted octanol–water partition coefficient (Wildman–Crippen LogP) is 5.16. The van der Waals surface area contributed by atoms with E-state index in [4.69, 9.17) is 15.7 Å². The first kappa shape index (κ1) is 23.0. The number of imidazole rings is 1. The average Bonchev–Trinajstić information content (AvgIpc) is 3.09. The van der Waals surface area contributed by atoms with Gasteiger partial charge in [-0.3, -0.25) is 9.88 Å². The Labute approximate surface area is 175 Å². The minimum Gasteiger partial charge on any atom is -0.341 e. The lowest BCUT2D eigenvalue weighted by Gasteiger charge is -2.35. The van der Waals surface area contributed by atoms with Crippen LogP contribution in [0.3, 0.4) is 0 Å². The highest BCUT2D eigenvalue weighted by Gasteiger charge is 2.28. The number of nitrogens with one attached hydrogen (secondary N) is 1. The van der Waals surface area contributed by atoms with E-state index in [9.17, 15) is 0 Å². The molecule has 3 aromatic rings. The summed E-state index contributed by atoms with van der Waals surface area (Å²) in [6.07, 6.45) is 5.68. The predicted molar refractivity (Wildman–Crippen MR) is 123 cm³/mol.